The molecule has 250 valence electrons. The number of rotatable bonds is 9. The first kappa shape index (κ1) is 35.3. The lowest BCUT2D eigenvalue weighted by molar-refractivity contribution is -0.392. The van der Waals surface area contributed by atoms with Crippen LogP contribution in [0.5, 0.6) is 0 Å². The van der Waals surface area contributed by atoms with E-state index in [0.717, 1.165) is 42.5 Å². The summed E-state index contributed by atoms with van der Waals surface area (Å²) in [5, 5.41) is 2.75. The van der Waals surface area contributed by atoms with Crippen LogP contribution in [0.3, 0.4) is 0 Å². The van der Waals surface area contributed by atoms with E-state index in [-0.39, 0.29) is 48.5 Å². The fourth-order valence-corrected chi connectivity index (χ4v) is 7.87. The van der Waals surface area contributed by atoms with Crippen LogP contribution < -0.4 is 5.32 Å². The van der Waals surface area contributed by atoms with Gasteiger partial charge in [-0.25, -0.2) is 21.6 Å². The Hall–Kier alpha value is -3.59. The molecule has 15 heteroatoms. The molecule has 0 saturated heterocycles. The first-order chi connectivity index (χ1) is 21.4. The molecule has 1 aliphatic carbocycles. The number of nitrogens with one attached hydrogen (secondary N) is 1. The largest absolute Gasteiger partial charge is 0.430 e. The monoisotopic (exact) mass is 681 g/mol. The molecule has 3 aromatic carbocycles. The maximum absolute atomic E-state index is 14.4. The smallest absolute Gasteiger partial charge is 0.353 e. The maximum Gasteiger partial charge on any atom is 0.430 e. The van der Waals surface area contributed by atoms with E-state index in [2.05, 4.69) is 10.1 Å². The molecule has 1 fully saturated rings. The van der Waals surface area contributed by atoms with Crippen LogP contribution in [0.25, 0.3) is 0 Å². The Kier molecular flexibility index (Phi) is 9.89. The van der Waals surface area contributed by atoms with E-state index in [9.17, 15) is 52.7 Å². The number of carbonyl (C=O) groups is 1. The van der Waals surface area contributed by atoms with Gasteiger partial charge in [-0.1, -0.05) is 37.3 Å². The van der Waals surface area contributed by atoms with Crippen LogP contribution in [0, 0.1) is 17.5 Å². The van der Waals surface area contributed by atoms with Gasteiger partial charge in [0.05, 0.1) is 11.5 Å². The van der Waals surface area contributed by atoms with Crippen LogP contribution in [0.2, 0.25) is 0 Å². The summed E-state index contributed by atoms with van der Waals surface area (Å²) >= 11 is 0. The molecule has 0 unspecified atom stereocenters. The normalized spacial score (nSPS) is 19.6. The summed E-state index contributed by atoms with van der Waals surface area (Å²) in [5.74, 6) is -3.89. The van der Waals surface area contributed by atoms with Crippen LogP contribution in [0.15, 0.2) is 71.6 Å². The van der Waals surface area contributed by atoms with Crippen LogP contribution in [-0.4, -0.2) is 32.7 Å². The van der Waals surface area contributed by atoms with Crippen molar-refractivity contribution in [2.45, 2.75) is 79.3 Å². The van der Waals surface area contributed by atoms with Gasteiger partial charge in [0, 0.05) is 23.6 Å². The summed E-state index contributed by atoms with van der Waals surface area (Å²) in [6, 6.07) is 7.95. The molecule has 1 amide bonds. The molecular formula is C31H28F9NO4S. The fourth-order valence-electron chi connectivity index (χ4n) is 5.70. The van der Waals surface area contributed by atoms with E-state index in [1.165, 1.54) is 0 Å². The number of amides is 1. The topological polar surface area (TPSA) is 72.5 Å². The van der Waals surface area contributed by atoms with Gasteiger partial charge in [-0.2, -0.15) is 26.3 Å². The molecule has 1 aliphatic rings. The van der Waals surface area contributed by atoms with E-state index in [1.807, 2.05) is 0 Å². The fraction of sp³-hybridized carbons (Fsp3) is 0.387. The molecule has 0 radical (unpaired) electrons. The van der Waals surface area contributed by atoms with Crippen molar-refractivity contribution in [1.29, 1.82) is 0 Å². The number of sulfone groups is 1. The standard InChI is InChI=1S/C31H28F9NO4S/c1-2-27(42)41-22-14-16-28(17-15-22,46(43,44)23-12-10-21(32)11-13-23)19-6-8-20(9-7-19)29(30(35,36)37,31(38,39)40)45-18-24-25(33)4-3-5-26(24)34/h3-13,22H,2,14-18H2,1H3,(H,41,42). The number of benzene rings is 3. The second-order valence-corrected chi connectivity index (χ2v) is 13.1. The average molecular weight is 682 g/mol. The van der Waals surface area contributed by atoms with Crippen molar-refractivity contribution in [2.24, 2.45) is 0 Å². The molecule has 3 aromatic rings. The van der Waals surface area contributed by atoms with Gasteiger partial charge in [-0.15, -0.1) is 0 Å². The molecule has 0 aromatic heterocycles. The summed E-state index contributed by atoms with van der Waals surface area (Å²) in [5.41, 5.74) is -7.88. The number of ether oxygens (including phenoxy) is 1. The molecule has 0 spiro atoms. The SMILES string of the molecule is CCC(=O)NC1CCC(c2ccc(C(OCc3c(F)cccc3F)(C(F)(F)F)C(F)(F)F)cc2)(S(=O)(=O)c2ccc(F)cc2)CC1. The van der Waals surface area contributed by atoms with Crippen LogP contribution in [0.1, 0.15) is 55.7 Å². The highest BCUT2D eigenvalue weighted by Crippen LogP contribution is 2.54. The Morgan fingerprint density at radius 3 is 1.85 bits per heavy atom. The minimum atomic E-state index is -6.19. The second kappa shape index (κ2) is 12.9. The molecular weight excluding hydrogens is 653 g/mol. The Bertz CT molecular complexity index is 1610. The summed E-state index contributed by atoms with van der Waals surface area (Å²) in [7, 11) is -4.45. The van der Waals surface area contributed by atoms with E-state index in [1.54, 1.807) is 6.92 Å². The Morgan fingerprint density at radius 2 is 1.37 bits per heavy atom. The quantitative estimate of drug-likeness (QED) is 0.185. The number of hydrogen-bond donors (Lipinski definition) is 1. The highest BCUT2D eigenvalue weighted by molar-refractivity contribution is 7.92. The van der Waals surface area contributed by atoms with Gasteiger partial charge in [-0.3, -0.25) is 4.79 Å². The molecule has 1 saturated carbocycles. The van der Waals surface area contributed by atoms with Crippen LogP contribution in [-0.2, 0) is 36.3 Å². The number of hydrogen-bond acceptors (Lipinski definition) is 4. The van der Waals surface area contributed by atoms with Crippen molar-refractivity contribution in [3.05, 3.63) is 101 Å². The van der Waals surface area contributed by atoms with Gasteiger partial charge in [0.15, 0.2) is 9.84 Å². The summed E-state index contributed by atoms with van der Waals surface area (Å²) in [6.07, 6.45) is -12.4. The van der Waals surface area contributed by atoms with Crippen molar-refractivity contribution in [2.75, 3.05) is 0 Å². The summed E-state index contributed by atoms with van der Waals surface area (Å²) in [4.78, 5) is 11.6. The molecule has 4 rings (SSSR count). The Labute approximate surface area is 258 Å². The molecule has 0 aliphatic heterocycles. The van der Waals surface area contributed by atoms with E-state index < -0.39 is 73.8 Å². The van der Waals surface area contributed by atoms with Crippen molar-refractivity contribution >= 4 is 15.7 Å². The third kappa shape index (κ3) is 6.35. The van der Waals surface area contributed by atoms with Crippen LogP contribution >= 0.6 is 0 Å². The third-order valence-corrected chi connectivity index (χ3v) is 10.8. The predicted molar refractivity (Wildman–Crippen MR) is 147 cm³/mol. The van der Waals surface area contributed by atoms with Crippen molar-refractivity contribution in [3.63, 3.8) is 0 Å². The molecule has 0 atom stereocenters. The highest BCUT2D eigenvalue weighted by atomic mass is 32.2. The lowest BCUT2D eigenvalue weighted by Gasteiger charge is -2.41. The Morgan fingerprint density at radius 1 is 0.848 bits per heavy atom. The average Bonchev–Trinajstić information content (AvgIpc) is 2.98. The van der Waals surface area contributed by atoms with Crippen molar-refractivity contribution in [3.8, 4) is 0 Å². The van der Waals surface area contributed by atoms with Crippen LogP contribution in [0.4, 0.5) is 39.5 Å². The van der Waals surface area contributed by atoms with Gasteiger partial charge in [0.1, 0.15) is 22.2 Å². The second-order valence-electron chi connectivity index (χ2n) is 10.9. The van der Waals surface area contributed by atoms with E-state index >= 15 is 0 Å². The van der Waals surface area contributed by atoms with Crippen molar-refractivity contribution in [1.82, 2.24) is 5.32 Å². The van der Waals surface area contributed by atoms with Gasteiger partial charge < -0.3 is 10.1 Å². The Balaban J connectivity index is 1.82. The zero-order valence-corrected chi connectivity index (χ0v) is 24.9. The highest BCUT2D eigenvalue weighted by Gasteiger charge is 2.73. The number of carbonyl (C=O) groups excluding carboxylic acids is 1. The van der Waals surface area contributed by atoms with Gasteiger partial charge >= 0.3 is 12.4 Å². The lowest BCUT2D eigenvalue weighted by Crippen LogP contribution is -2.56. The minimum Gasteiger partial charge on any atom is -0.353 e. The first-order valence-electron chi connectivity index (χ1n) is 14.0. The van der Waals surface area contributed by atoms with Gasteiger partial charge in [-0.05, 0) is 67.6 Å². The van der Waals surface area contributed by atoms with Gasteiger partial charge in [0.25, 0.3) is 5.60 Å². The minimum absolute atomic E-state index is 0.0975. The molecule has 46 heavy (non-hydrogen) atoms. The predicted octanol–water partition coefficient (Wildman–Crippen LogP) is 7.78. The number of halogens is 9. The van der Waals surface area contributed by atoms with Gasteiger partial charge in [0.2, 0.25) is 5.91 Å². The number of alkyl halides is 6. The maximum atomic E-state index is 14.4. The molecule has 0 bridgehead atoms. The molecule has 0 heterocycles. The van der Waals surface area contributed by atoms with Crippen molar-refractivity contribution < 1.29 is 57.5 Å². The molecule has 5 nitrogen and oxygen atoms in total. The first-order valence-corrected chi connectivity index (χ1v) is 15.5. The molecule has 1 N–H and O–H groups in total. The zero-order valence-electron chi connectivity index (χ0n) is 24.1. The lowest BCUT2D eigenvalue weighted by atomic mass is 9.79. The van der Waals surface area contributed by atoms with E-state index in [0.29, 0.717) is 24.3 Å². The van der Waals surface area contributed by atoms with E-state index in [4.69, 9.17) is 0 Å². The zero-order chi connectivity index (χ0) is 34.1. The summed E-state index contributed by atoms with van der Waals surface area (Å²) in [6.45, 7) is -0.130. The third-order valence-electron chi connectivity index (χ3n) is 8.23. The summed E-state index contributed by atoms with van der Waals surface area (Å²) < 4.78 is 159.